The number of hydrogen-bond donors (Lipinski definition) is 1. The maximum Gasteiger partial charge on any atom is 0.0619 e. The van der Waals surface area contributed by atoms with E-state index in [4.69, 9.17) is 4.74 Å². The van der Waals surface area contributed by atoms with Gasteiger partial charge in [-0.2, -0.15) is 0 Å². The predicted molar refractivity (Wildman–Crippen MR) is 57.5 cm³/mol. The van der Waals surface area contributed by atoms with E-state index in [0.717, 1.165) is 25.8 Å². The zero-order chi connectivity index (χ0) is 9.80. The van der Waals surface area contributed by atoms with Crippen LogP contribution in [0.4, 0.5) is 0 Å². The third kappa shape index (κ3) is 2.47. The van der Waals surface area contributed by atoms with Crippen molar-refractivity contribution in [2.24, 2.45) is 0 Å². The van der Waals surface area contributed by atoms with Gasteiger partial charge in [-0.1, -0.05) is 0 Å². The van der Waals surface area contributed by atoms with Crippen LogP contribution in [0.25, 0.3) is 0 Å². The molecule has 0 aromatic rings. The minimum Gasteiger partial charge on any atom is -0.379 e. The molecule has 0 bridgehead atoms. The van der Waals surface area contributed by atoms with Gasteiger partial charge in [0.25, 0.3) is 0 Å². The van der Waals surface area contributed by atoms with E-state index in [9.17, 15) is 0 Å². The summed E-state index contributed by atoms with van der Waals surface area (Å²) in [6, 6.07) is 1.41. The van der Waals surface area contributed by atoms with Crippen molar-refractivity contribution < 1.29 is 4.74 Å². The van der Waals surface area contributed by atoms with Crippen molar-refractivity contribution in [2.75, 3.05) is 32.8 Å². The third-order valence-corrected chi connectivity index (χ3v) is 3.43. The zero-order valence-corrected chi connectivity index (χ0v) is 9.17. The smallest absolute Gasteiger partial charge is 0.0619 e. The first-order valence-electron chi connectivity index (χ1n) is 5.92. The summed E-state index contributed by atoms with van der Waals surface area (Å²) in [5.41, 5.74) is 0. The molecule has 3 nitrogen and oxygen atoms in total. The van der Waals surface area contributed by atoms with E-state index in [0.29, 0.717) is 6.04 Å². The van der Waals surface area contributed by atoms with Gasteiger partial charge in [-0.05, 0) is 39.3 Å². The van der Waals surface area contributed by atoms with E-state index >= 15 is 0 Å². The first-order valence-corrected chi connectivity index (χ1v) is 5.92. The van der Waals surface area contributed by atoms with Crippen LogP contribution in [0.2, 0.25) is 0 Å². The van der Waals surface area contributed by atoms with Crippen LogP contribution in [-0.4, -0.2) is 49.8 Å². The zero-order valence-electron chi connectivity index (χ0n) is 9.17. The molecule has 2 atom stereocenters. The Labute approximate surface area is 86.8 Å². The molecule has 2 heterocycles. The normalized spacial score (nSPS) is 36.6. The molecule has 2 aliphatic heterocycles. The number of nitrogens with zero attached hydrogens (tertiary/aromatic N) is 1. The van der Waals surface area contributed by atoms with Crippen LogP contribution in [0, 0.1) is 0 Å². The Morgan fingerprint density at radius 3 is 3.07 bits per heavy atom. The van der Waals surface area contributed by atoms with Crippen LogP contribution in [0.1, 0.15) is 26.2 Å². The van der Waals surface area contributed by atoms with Crippen molar-refractivity contribution in [1.29, 1.82) is 0 Å². The summed E-state index contributed by atoms with van der Waals surface area (Å²) in [5.74, 6) is 0. The Bertz CT molecular complexity index is 167. The summed E-state index contributed by atoms with van der Waals surface area (Å²) >= 11 is 0. The maximum absolute atomic E-state index is 5.48. The number of ether oxygens (including phenoxy) is 1. The second-order valence-corrected chi connectivity index (χ2v) is 4.50. The van der Waals surface area contributed by atoms with Gasteiger partial charge in [-0.3, -0.25) is 4.90 Å². The largest absolute Gasteiger partial charge is 0.379 e. The fourth-order valence-corrected chi connectivity index (χ4v) is 2.61. The highest BCUT2D eigenvalue weighted by atomic mass is 16.5. The van der Waals surface area contributed by atoms with Gasteiger partial charge in [0.15, 0.2) is 0 Å². The summed E-state index contributed by atoms with van der Waals surface area (Å²) in [4.78, 5) is 2.65. The topological polar surface area (TPSA) is 24.5 Å². The van der Waals surface area contributed by atoms with Gasteiger partial charge in [0, 0.05) is 18.6 Å². The van der Waals surface area contributed by atoms with Crippen molar-refractivity contribution >= 4 is 0 Å². The Morgan fingerprint density at radius 2 is 2.21 bits per heavy atom. The van der Waals surface area contributed by atoms with E-state index in [-0.39, 0.29) is 0 Å². The maximum atomic E-state index is 5.48. The summed E-state index contributed by atoms with van der Waals surface area (Å²) in [6.45, 7) is 7.66. The lowest BCUT2D eigenvalue weighted by Gasteiger charge is -2.39. The van der Waals surface area contributed by atoms with Gasteiger partial charge in [-0.15, -0.1) is 0 Å². The molecule has 0 amide bonds. The standard InChI is InChI=1S/C11H22N2O/c1-10-9-14-8-7-13(10)11-3-2-5-12-6-4-11/h10-12H,2-9H2,1H3. The van der Waals surface area contributed by atoms with Crippen LogP contribution in [0.5, 0.6) is 0 Å². The van der Waals surface area contributed by atoms with Gasteiger partial charge < -0.3 is 10.1 Å². The third-order valence-electron chi connectivity index (χ3n) is 3.43. The number of nitrogens with one attached hydrogen (secondary N) is 1. The van der Waals surface area contributed by atoms with Crippen LogP contribution in [0.3, 0.4) is 0 Å². The lowest BCUT2D eigenvalue weighted by atomic mass is 10.0. The average molecular weight is 198 g/mol. The van der Waals surface area contributed by atoms with Crippen molar-refractivity contribution in [3.8, 4) is 0 Å². The second kappa shape index (κ2) is 5.10. The molecule has 0 spiro atoms. The highest BCUT2D eigenvalue weighted by Gasteiger charge is 2.26. The van der Waals surface area contributed by atoms with E-state index in [1.165, 1.54) is 32.4 Å². The Morgan fingerprint density at radius 1 is 1.29 bits per heavy atom. The first kappa shape index (κ1) is 10.4. The molecule has 0 aliphatic carbocycles. The van der Waals surface area contributed by atoms with Gasteiger partial charge >= 0.3 is 0 Å². The second-order valence-electron chi connectivity index (χ2n) is 4.50. The molecule has 0 radical (unpaired) electrons. The first-order chi connectivity index (χ1) is 6.88. The SMILES string of the molecule is CC1COCCN1C1CCCNCC1. The molecule has 2 fully saturated rings. The molecule has 0 saturated carbocycles. The number of morpholine rings is 1. The lowest BCUT2D eigenvalue weighted by molar-refractivity contribution is -0.0242. The molecular formula is C11H22N2O. The van der Waals surface area contributed by atoms with Crippen LogP contribution in [-0.2, 0) is 4.74 Å². The summed E-state index contributed by atoms with van der Waals surface area (Å²) in [7, 11) is 0. The number of rotatable bonds is 1. The van der Waals surface area contributed by atoms with E-state index in [1.54, 1.807) is 0 Å². The van der Waals surface area contributed by atoms with Gasteiger partial charge in [0.1, 0.15) is 0 Å². The van der Waals surface area contributed by atoms with E-state index < -0.39 is 0 Å². The fourth-order valence-electron chi connectivity index (χ4n) is 2.61. The molecule has 2 aliphatic rings. The molecule has 1 N–H and O–H groups in total. The van der Waals surface area contributed by atoms with Crippen molar-refractivity contribution in [1.82, 2.24) is 10.2 Å². The van der Waals surface area contributed by atoms with Gasteiger partial charge in [0.05, 0.1) is 13.2 Å². The van der Waals surface area contributed by atoms with Crippen LogP contribution >= 0.6 is 0 Å². The van der Waals surface area contributed by atoms with Crippen LogP contribution < -0.4 is 5.32 Å². The van der Waals surface area contributed by atoms with E-state index in [2.05, 4.69) is 17.1 Å². The quantitative estimate of drug-likeness (QED) is 0.676. The van der Waals surface area contributed by atoms with Crippen LogP contribution in [0.15, 0.2) is 0 Å². The van der Waals surface area contributed by atoms with Crippen molar-refractivity contribution in [3.63, 3.8) is 0 Å². The molecule has 0 aromatic heterocycles. The summed E-state index contributed by atoms with van der Waals surface area (Å²) in [6.07, 6.45) is 4.00. The highest BCUT2D eigenvalue weighted by Crippen LogP contribution is 2.18. The number of hydrogen-bond acceptors (Lipinski definition) is 3. The minimum atomic E-state index is 0.617. The molecule has 0 aromatic carbocycles. The fraction of sp³-hybridized carbons (Fsp3) is 1.00. The molecule has 2 rings (SSSR count). The van der Waals surface area contributed by atoms with Gasteiger partial charge in [0.2, 0.25) is 0 Å². The van der Waals surface area contributed by atoms with E-state index in [1.807, 2.05) is 0 Å². The van der Waals surface area contributed by atoms with Crippen molar-refractivity contribution in [2.45, 2.75) is 38.3 Å². The molecule has 3 heteroatoms. The highest BCUT2D eigenvalue weighted by molar-refractivity contribution is 4.81. The van der Waals surface area contributed by atoms with Crippen molar-refractivity contribution in [3.05, 3.63) is 0 Å². The summed E-state index contributed by atoms with van der Waals surface area (Å²) < 4.78 is 5.48. The minimum absolute atomic E-state index is 0.617. The lowest BCUT2D eigenvalue weighted by Crippen LogP contribution is -2.49. The molecular weight excluding hydrogens is 176 g/mol. The average Bonchev–Trinajstić information content (AvgIpc) is 2.47. The molecule has 14 heavy (non-hydrogen) atoms. The Balaban J connectivity index is 1.90. The Hall–Kier alpha value is -0.120. The molecule has 82 valence electrons. The molecule has 2 saturated heterocycles. The molecule has 2 unspecified atom stereocenters. The Kier molecular flexibility index (Phi) is 3.79. The predicted octanol–water partition coefficient (Wildman–Crippen LogP) is 0.849. The van der Waals surface area contributed by atoms with Gasteiger partial charge in [-0.25, -0.2) is 0 Å². The summed E-state index contributed by atoms with van der Waals surface area (Å²) in [5, 5.41) is 3.47. The monoisotopic (exact) mass is 198 g/mol.